The number of hydrogen-bond donors (Lipinski definition) is 1. The third-order valence-corrected chi connectivity index (χ3v) is 4.98. The molecule has 0 fully saturated rings. The predicted octanol–water partition coefficient (Wildman–Crippen LogP) is 7.38. The summed E-state index contributed by atoms with van der Waals surface area (Å²) in [7, 11) is 0. The summed E-state index contributed by atoms with van der Waals surface area (Å²) in [6.07, 6.45) is 25.1. The van der Waals surface area contributed by atoms with E-state index in [0.29, 0.717) is 5.92 Å². The number of unbranched alkanes of at least 4 members (excludes halogenated alkanes) is 13. The second kappa shape index (κ2) is 14.8. The Morgan fingerprint density at radius 1 is 0.783 bits per heavy atom. The van der Waals surface area contributed by atoms with Crippen molar-refractivity contribution in [2.75, 3.05) is 0 Å². The van der Waals surface area contributed by atoms with Crippen molar-refractivity contribution in [1.29, 1.82) is 0 Å². The van der Waals surface area contributed by atoms with Crippen LogP contribution in [0.15, 0.2) is 12.4 Å². The quantitative estimate of drug-likeness (QED) is 0.316. The standard InChI is InChI=1S/C21H40N2/c1-3-4-5-6-7-8-9-10-11-12-13-14-15-16-17-20(2)21-22-18-19-23-21/h18-20H,3-17H2,1-2H3,(H,22,23). The largest absolute Gasteiger partial charge is 0.348 e. The Morgan fingerprint density at radius 3 is 1.70 bits per heavy atom. The summed E-state index contributed by atoms with van der Waals surface area (Å²) in [5.74, 6) is 1.74. The van der Waals surface area contributed by atoms with E-state index in [-0.39, 0.29) is 0 Å². The van der Waals surface area contributed by atoms with E-state index in [0.717, 1.165) is 5.82 Å². The van der Waals surface area contributed by atoms with Crippen molar-refractivity contribution in [3.63, 3.8) is 0 Å². The zero-order chi connectivity index (χ0) is 16.6. The van der Waals surface area contributed by atoms with Crippen LogP contribution in [0.1, 0.15) is 122 Å². The lowest BCUT2D eigenvalue weighted by Crippen LogP contribution is -1.96. The zero-order valence-electron chi connectivity index (χ0n) is 15.8. The first-order valence-electron chi connectivity index (χ1n) is 10.3. The van der Waals surface area contributed by atoms with Crippen LogP contribution in [-0.4, -0.2) is 9.97 Å². The van der Waals surface area contributed by atoms with E-state index < -0.39 is 0 Å². The monoisotopic (exact) mass is 320 g/mol. The minimum absolute atomic E-state index is 0.585. The Morgan fingerprint density at radius 2 is 1.26 bits per heavy atom. The van der Waals surface area contributed by atoms with Gasteiger partial charge in [0.25, 0.3) is 0 Å². The van der Waals surface area contributed by atoms with Crippen LogP contribution in [-0.2, 0) is 0 Å². The van der Waals surface area contributed by atoms with Crippen LogP contribution in [0.25, 0.3) is 0 Å². The van der Waals surface area contributed by atoms with Gasteiger partial charge in [-0.05, 0) is 6.42 Å². The molecule has 2 nitrogen and oxygen atoms in total. The molecule has 0 saturated heterocycles. The lowest BCUT2D eigenvalue weighted by molar-refractivity contribution is 0.521. The maximum absolute atomic E-state index is 4.35. The van der Waals surface area contributed by atoms with Gasteiger partial charge in [-0.1, -0.05) is 104 Å². The molecule has 1 aromatic heterocycles. The Balaban J connectivity index is 1.75. The Labute approximate surface area is 144 Å². The zero-order valence-corrected chi connectivity index (χ0v) is 15.8. The normalized spacial score (nSPS) is 12.6. The molecule has 0 aliphatic heterocycles. The molecule has 0 bridgehead atoms. The molecule has 1 aromatic rings. The fraction of sp³-hybridized carbons (Fsp3) is 0.857. The van der Waals surface area contributed by atoms with Crippen molar-refractivity contribution < 1.29 is 0 Å². The second-order valence-electron chi connectivity index (χ2n) is 7.26. The highest BCUT2D eigenvalue weighted by Crippen LogP contribution is 2.19. The van der Waals surface area contributed by atoms with E-state index in [1.54, 1.807) is 0 Å². The molecule has 0 aliphatic carbocycles. The van der Waals surface area contributed by atoms with Crippen LogP contribution in [0.5, 0.6) is 0 Å². The SMILES string of the molecule is CCCCCCCCCCCCCCCCC(C)c1ncc[nH]1. The van der Waals surface area contributed by atoms with Gasteiger partial charge in [0, 0.05) is 18.3 Å². The highest BCUT2D eigenvalue weighted by molar-refractivity contribution is 4.94. The van der Waals surface area contributed by atoms with Crippen molar-refractivity contribution in [3.8, 4) is 0 Å². The molecule has 1 unspecified atom stereocenters. The lowest BCUT2D eigenvalue weighted by Gasteiger charge is -2.08. The molecule has 1 rings (SSSR count). The fourth-order valence-electron chi connectivity index (χ4n) is 3.33. The molecular weight excluding hydrogens is 280 g/mol. The number of aromatic amines is 1. The number of hydrogen-bond acceptors (Lipinski definition) is 1. The minimum Gasteiger partial charge on any atom is -0.348 e. The second-order valence-corrected chi connectivity index (χ2v) is 7.26. The van der Waals surface area contributed by atoms with E-state index in [9.17, 15) is 0 Å². The van der Waals surface area contributed by atoms with Crippen molar-refractivity contribution in [1.82, 2.24) is 9.97 Å². The van der Waals surface area contributed by atoms with Crippen LogP contribution in [0.3, 0.4) is 0 Å². The summed E-state index contributed by atoms with van der Waals surface area (Å²) >= 11 is 0. The molecule has 0 aromatic carbocycles. The van der Waals surface area contributed by atoms with Gasteiger partial charge in [0.2, 0.25) is 0 Å². The molecule has 2 heteroatoms. The average molecular weight is 321 g/mol. The minimum atomic E-state index is 0.585. The smallest absolute Gasteiger partial charge is 0.108 e. The molecule has 0 spiro atoms. The molecule has 0 saturated carbocycles. The van der Waals surface area contributed by atoms with Crippen molar-refractivity contribution in [3.05, 3.63) is 18.2 Å². The summed E-state index contributed by atoms with van der Waals surface area (Å²) < 4.78 is 0. The van der Waals surface area contributed by atoms with E-state index in [2.05, 4.69) is 23.8 Å². The van der Waals surface area contributed by atoms with E-state index in [4.69, 9.17) is 0 Å². The van der Waals surface area contributed by atoms with Gasteiger partial charge in [-0.15, -0.1) is 0 Å². The van der Waals surface area contributed by atoms with Gasteiger partial charge in [0.1, 0.15) is 5.82 Å². The third kappa shape index (κ3) is 11.4. The summed E-state index contributed by atoms with van der Waals surface area (Å²) in [4.78, 5) is 7.57. The maximum atomic E-state index is 4.35. The van der Waals surface area contributed by atoms with Gasteiger partial charge < -0.3 is 4.98 Å². The number of nitrogens with one attached hydrogen (secondary N) is 1. The molecular formula is C21H40N2. The van der Waals surface area contributed by atoms with Crippen molar-refractivity contribution in [2.24, 2.45) is 0 Å². The number of aromatic nitrogens is 2. The summed E-state index contributed by atoms with van der Waals surface area (Å²) in [6.45, 7) is 4.57. The molecule has 1 atom stereocenters. The van der Waals surface area contributed by atoms with E-state index in [1.165, 1.54) is 96.3 Å². The maximum Gasteiger partial charge on any atom is 0.108 e. The number of nitrogens with zero attached hydrogens (tertiary/aromatic N) is 1. The van der Waals surface area contributed by atoms with Gasteiger partial charge >= 0.3 is 0 Å². The third-order valence-electron chi connectivity index (χ3n) is 4.98. The fourth-order valence-corrected chi connectivity index (χ4v) is 3.33. The van der Waals surface area contributed by atoms with Gasteiger partial charge in [0.05, 0.1) is 0 Å². The molecule has 1 heterocycles. The molecule has 0 radical (unpaired) electrons. The summed E-state index contributed by atoms with van der Waals surface area (Å²) in [5.41, 5.74) is 0. The van der Waals surface area contributed by atoms with Crippen LogP contribution >= 0.6 is 0 Å². The Hall–Kier alpha value is -0.790. The highest BCUT2D eigenvalue weighted by Gasteiger charge is 2.06. The number of imidazole rings is 1. The predicted molar refractivity (Wildman–Crippen MR) is 102 cm³/mol. The Kier molecular flexibility index (Phi) is 13.0. The van der Waals surface area contributed by atoms with Gasteiger partial charge in [-0.3, -0.25) is 0 Å². The summed E-state index contributed by atoms with van der Waals surface area (Å²) in [5, 5.41) is 0. The highest BCUT2D eigenvalue weighted by atomic mass is 14.9. The Bertz CT molecular complexity index is 332. The van der Waals surface area contributed by atoms with Crippen molar-refractivity contribution in [2.45, 2.75) is 116 Å². The topological polar surface area (TPSA) is 28.7 Å². The first kappa shape index (κ1) is 20.3. The number of rotatable bonds is 16. The molecule has 23 heavy (non-hydrogen) atoms. The van der Waals surface area contributed by atoms with Crippen molar-refractivity contribution >= 4 is 0 Å². The average Bonchev–Trinajstić information content (AvgIpc) is 3.09. The van der Waals surface area contributed by atoms with Crippen LogP contribution in [0, 0.1) is 0 Å². The molecule has 0 amide bonds. The van der Waals surface area contributed by atoms with Gasteiger partial charge in [-0.25, -0.2) is 4.98 Å². The lowest BCUT2D eigenvalue weighted by atomic mass is 10.0. The van der Waals surface area contributed by atoms with Crippen LogP contribution in [0.2, 0.25) is 0 Å². The molecule has 134 valence electrons. The van der Waals surface area contributed by atoms with Crippen LogP contribution in [0.4, 0.5) is 0 Å². The van der Waals surface area contributed by atoms with E-state index in [1.807, 2.05) is 12.4 Å². The molecule has 0 aliphatic rings. The molecule has 1 N–H and O–H groups in total. The van der Waals surface area contributed by atoms with Gasteiger partial charge in [0.15, 0.2) is 0 Å². The van der Waals surface area contributed by atoms with E-state index >= 15 is 0 Å². The van der Waals surface area contributed by atoms with Crippen LogP contribution < -0.4 is 0 Å². The summed E-state index contributed by atoms with van der Waals surface area (Å²) in [6, 6.07) is 0. The number of H-pyrrole nitrogens is 1. The first-order valence-corrected chi connectivity index (χ1v) is 10.3. The first-order chi connectivity index (χ1) is 11.3. The van der Waals surface area contributed by atoms with Gasteiger partial charge in [-0.2, -0.15) is 0 Å².